The molecule has 2 aromatic heterocycles. The molecule has 1 aliphatic heterocycles. The van der Waals surface area contributed by atoms with Crippen molar-refractivity contribution < 1.29 is 14.2 Å². The molecule has 1 aliphatic rings. The maximum atomic E-state index is 12.7. The molecule has 150 valence electrons. The number of nitrogens with one attached hydrogen (secondary N) is 2. The minimum atomic E-state index is -0.239. The summed E-state index contributed by atoms with van der Waals surface area (Å²) < 4.78 is 4.65. The Morgan fingerprint density at radius 1 is 1.24 bits per heavy atom. The fourth-order valence-electron chi connectivity index (χ4n) is 3.48. The molecular weight excluding hydrogens is 372 g/mol. The van der Waals surface area contributed by atoms with Crippen LogP contribution in [-0.2, 0) is 16.0 Å². The first-order valence-electron chi connectivity index (χ1n) is 9.56. The first kappa shape index (κ1) is 18.9. The van der Waals surface area contributed by atoms with Gasteiger partial charge in [0.15, 0.2) is 0 Å². The number of likely N-dealkylation sites (tertiary alicyclic amines) is 1. The Balaban J connectivity index is 1.35. The Labute approximate surface area is 167 Å². The summed E-state index contributed by atoms with van der Waals surface area (Å²) in [5.74, 6) is -0.377. The van der Waals surface area contributed by atoms with Crippen molar-refractivity contribution in [1.29, 1.82) is 0 Å². The number of benzene rings is 1. The van der Waals surface area contributed by atoms with E-state index in [2.05, 4.69) is 30.5 Å². The van der Waals surface area contributed by atoms with Gasteiger partial charge in [0, 0.05) is 25.0 Å². The van der Waals surface area contributed by atoms with Crippen molar-refractivity contribution in [3.8, 4) is 11.3 Å². The maximum Gasteiger partial charge on any atom is 0.229 e. The number of piperidine rings is 1. The molecular formula is C20H22N6O3. The number of carbonyl (C=O) groups excluding carboxylic acids is 2. The van der Waals surface area contributed by atoms with Crippen molar-refractivity contribution in [2.75, 3.05) is 18.4 Å². The van der Waals surface area contributed by atoms with Crippen LogP contribution in [0.2, 0.25) is 0 Å². The van der Waals surface area contributed by atoms with E-state index < -0.39 is 0 Å². The summed E-state index contributed by atoms with van der Waals surface area (Å²) in [6.07, 6.45) is 3.38. The lowest BCUT2D eigenvalue weighted by atomic mass is 9.96. The normalized spacial score (nSPS) is 16.6. The third-order valence-corrected chi connectivity index (χ3v) is 5.17. The number of anilines is 1. The molecule has 3 heterocycles. The topological polar surface area (TPSA) is 117 Å². The molecule has 0 saturated carbocycles. The zero-order chi connectivity index (χ0) is 20.2. The Bertz CT molecular complexity index is 980. The standard InChI is InChI=1S/C20H22N6O3/c1-13-18(25-29-24-13)11-19(27)26-10-2-3-15(12-26)20(28)22-16-6-4-14(5-7-16)17-8-9-21-23-17/h4-9,15H,2-3,10-12H2,1H3,(H,21,23)(H,22,28)/t15-/m0/s1. The van der Waals surface area contributed by atoms with Crippen molar-refractivity contribution in [3.05, 3.63) is 47.9 Å². The quantitative estimate of drug-likeness (QED) is 0.685. The summed E-state index contributed by atoms with van der Waals surface area (Å²) in [6.45, 7) is 2.80. The number of aromatic amines is 1. The largest absolute Gasteiger partial charge is 0.342 e. The Kier molecular flexibility index (Phi) is 5.37. The Morgan fingerprint density at radius 2 is 2.07 bits per heavy atom. The van der Waals surface area contributed by atoms with Crippen LogP contribution in [0.4, 0.5) is 5.69 Å². The highest BCUT2D eigenvalue weighted by atomic mass is 16.6. The summed E-state index contributed by atoms with van der Waals surface area (Å²) in [5, 5.41) is 17.3. The molecule has 1 atom stereocenters. The average molecular weight is 394 g/mol. The monoisotopic (exact) mass is 394 g/mol. The number of hydrogen-bond acceptors (Lipinski definition) is 6. The molecule has 1 saturated heterocycles. The predicted octanol–water partition coefficient (Wildman–Crippen LogP) is 2.19. The van der Waals surface area contributed by atoms with Gasteiger partial charge in [0.05, 0.1) is 18.0 Å². The second kappa shape index (κ2) is 8.26. The Morgan fingerprint density at radius 3 is 2.76 bits per heavy atom. The highest BCUT2D eigenvalue weighted by Crippen LogP contribution is 2.22. The van der Waals surface area contributed by atoms with Crippen LogP contribution in [0, 0.1) is 12.8 Å². The average Bonchev–Trinajstić information content (AvgIpc) is 3.41. The summed E-state index contributed by atoms with van der Waals surface area (Å²) >= 11 is 0. The van der Waals surface area contributed by atoms with Crippen LogP contribution < -0.4 is 5.32 Å². The number of carbonyl (C=O) groups is 2. The van der Waals surface area contributed by atoms with Crippen molar-refractivity contribution in [1.82, 2.24) is 25.4 Å². The lowest BCUT2D eigenvalue weighted by Gasteiger charge is -2.32. The number of H-pyrrole nitrogens is 1. The minimum Gasteiger partial charge on any atom is -0.342 e. The summed E-state index contributed by atoms with van der Waals surface area (Å²) in [7, 11) is 0. The van der Waals surface area contributed by atoms with Crippen LogP contribution in [0.15, 0.2) is 41.2 Å². The van der Waals surface area contributed by atoms with E-state index in [1.807, 2.05) is 30.3 Å². The van der Waals surface area contributed by atoms with Crippen LogP contribution in [0.1, 0.15) is 24.2 Å². The molecule has 4 rings (SSSR count). The number of nitrogens with zero attached hydrogens (tertiary/aromatic N) is 4. The van der Waals surface area contributed by atoms with Crippen LogP contribution in [0.5, 0.6) is 0 Å². The lowest BCUT2D eigenvalue weighted by molar-refractivity contribution is -0.134. The van der Waals surface area contributed by atoms with Crippen LogP contribution >= 0.6 is 0 Å². The van der Waals surface area contributed by atoms with Gasteiger partial charge < -0.3 is 10.2 Å². The molecule has 9 nitrogen and oxygen atoms in total. The van der Waals surface area contributed by atoms with Crippen molar-refractivity contribution in [2.24, 2.45) is 5.92 Å². The zero-order valence-electron chi connectivity index (χ0n) is 16.1. The van der Waals surface area contributed by atoms with Gasteiger partial charge in [-0.2, -0.15) is 5.10 Å². The maximum absolute atomic E-state index is 12.7. The van der Waals surface area contributed by atoms with Gasteiger partial charge in [-0.3, -0.25) is 14.7 Å². The van der Waals surface area contributed by atoms with Crippen LogP contribution in [0.25, 0.3) is 11.3 Å². The molecule has 9 heteroatoms. The predicted molar refractivity (Wildman–Crippen MR) is 105 cm³/mol. The molecule has 29 heavy (non-hydrogen) atoms. The van der Waals surface area contributed by atoms with Crippen molar-refractivity contribution in [3.63, 3.8) is 0 Å². The van der Waals surface area contributed by atoms with E-state index in [-0.39, 0.29) is 24.2 Å². The van der Waals surface area contributed by atoms with E-state index in [1.54, 1.807) is 18.0 Å². The van der Waals surface area contributed by atoms with E-state index in [1.165, 1.54) is 0 Å². The van der Waals surface area contributed by atoms with E-state index in [0.717, 1.165) is 29.8 Å². The van der Waals surface area contributed by atoms with Gasteiger partial charge in [-0.05, 0) is 43.5 Å². The van der Waals surface area contributed by atoms with Crippen molar-refractivity contribution in [2.45, 2.75) is 26.2 Å². The van der Waals surface area contributed by atoms with Crippen molar-refractivity contribution >= 4 is 17.5 Å². The van der Waals surface area contributed by atoms with Gasteiger partial charge in [0.1, 0.15) is 11.4 Å². The number of aromatic nitrogens is 4. The van der Waals surface area contributed by atoms with Gasteiger partial charge in [-0.25, -0.2) is 4.63 Å². The van der Waals surface area contributed by atoms with Gasteiger partial charge in [0.2, 0.25) is 11.8 Å². The third kappa shape index (κ3) is 4.34. The summed E-state index contributed by atoms with van der Waals surface area (Å²) in [5.41, 5.74) is 3.79. The van der Waals surface area contributed by atoms with Gasteiger partial charge >= 0.3 is 0 Å². The molecule has 0 spiro atoms. The second-order valence-corrected chi connectivity index (χ2v) is 7.19. The molecule has 1 aromatic carbocycles. The molecule has 0 radical (unpaired) electrons. The molecule has 2 amide bonds. The van der Waals surface area contributed by atoms with Gasteiger partial charge in [-0.1, -0.05) is 22.4 Å². The third-order valence-electron chi connectivity index (χ3n) is 5.17. The number of hydrogen-bond donors (Lipinski definition) is 2. The second-order valence-electron chi connectivity index (χ2n) is 7.19. The fraction of sp³-hybridized carbons (Fsp3) is 0.350. The van der Waals surface area contributed by atoms with E-state index in [4.69, 9.17) is 0 Å². The number of amides is 2. The first-order valence-corrected chi connectivity index (χ1v) is 9.56. The highest BCUT2D eigenvalue weighted by molar-refractivity contribution is 5.93. The smallest absolute Gasteiger partial charge is 0.229 e. The molecule has 1 fully saturated rings. The molecule has 0 unspecified atom stereocenters. The number of aryl methyl sites for hydroxylation is 1. The first-order chi connectivity index (χ1) is 14.1. The summed E-state index contributed by atoms with van der Waals surface area (Å²) in [6, 6.07) is 9.46. The minimum absolute atomic E-state index is 0.0646. The molecule has 3 aromatic rings. The Hall–Kier alpha value is -3.49. The molecule has 0 bridgehead atoms. The lowest BCUT2D eigenvalue weighted by Crippen LogP contribution is -2.44. The van der Waals surface area contributed by atoms with E-state index in [0.29, 0.717) is 24.5 Å². The van der Waals surface area contributed by atoms with Gasteiger partial charge in [0.25, 0.3) is 0 Å². The van der Waals surface area contributed by atoms with E-state index >= 15 is 0 Å². The highest BCUT2D eigenvalue weighted by Gasteiger charge is 2.29. The van der Waals surface area contributed by atoms with Crippen LogP contribution in [0.3, 0.4) is 0 Å². The van der Waals surface area contributed by atoms with Gasteiger partial charge in [-0.15, -0.1) is 0 Å². The summed E-state index contributed by atoms with van der Waals surface area (Å²) in [4.78, 5) is 27.0. The SMILES string of the molecule is Cc1nonc1CC(=O)N1CCC[C@H](C(=O)Nc2ccc(-c3ccn[nH]3)cc2)C1. The molecule has 0 aliphatic carbocycles. The fourth-order valence-corrected chi connectivity index (χ4v) is 3.48. The number of rotatable bonds is 5. The van der Waals surface area contributed by atoms with E-state index in [9.17, 15) is 9.59 Å². The van der Waals surface area contributed by atoms with Crippen LogP contribution in [-0.4, -0.2) is 50.3 Å². The zero-order valence-corrected chi connectivity index (χ0v) is 16.1. The molecule has 2 N–H and O–H groups in total.